The lowest BCUT2D eigenvalue weighted by atomic mass is 9.97. The fraction of sp³-hybridized carbons (Fsp3) is 0.353. The summed E-state index contributed by atoms with van der Waals surface area (Å²) in [5, 5.41) is 4.09. The highest BCUT2D eigenvalue weighted by molar-refractivity contribution is 6.30. The highest BCUT2D eigenvalue weighted by Gasteiger charge is 2.16. The van der Waals surface area contributed by atoms with Crippen LogP contribution in [0.1, 0.15) is 35.2 Å². The molecule has 0 aliphatic rings. The number of nitrogen functional groups attached to an aromatic ring is 1. The molecule has 112 valence electrons. The summed E-state index contributed by atoms with van der Waals surface area (Å²) in [5.41, 5.74) is 10.8. The minimum Gasteiger partial charge on any atom is -0.383 e. The molecule has 1 aromatic heterocycles. The average Bonchev–Trinajstić information content (AvgIpc) is 2.40. The highest BCUT2D eigenvalue weighted by Crippen LogP contribution is 2.26. The molecule has 4 heteroatoms. The molecule has 0 spiro atoms. The summed E-state index contributed by atoms with van der Waals surface area (Å²) in [6.45, 7) is 7.19. The van der Waals surface area contributed by atoms with Gasteiger partial charge < -0.3 is 11.1 Å². The molecule has 2 aromatic rings. The zero-order valence-corrected chi connectivity index (χ0v) is 13.5. The number of likely N-dealkylation sites (N-methyl/N-ethyl adjacent to an activating group) is 1. The number of nitrogens with two attached hydrogens (primary N) is 1. The van der Waals surface area contributed by atoms with Gasteiger partial charge in [0.2, 0.25) is 0 Å². The maximum Gasteiger partial charge on any atom is 0.128 e. The molecule has 3 N–H and O–H groups in total. The van der Waals surface area contributed by atoms with Gasteiger partial charge in [-0.05, 0) is 38.4 Å². The van der Waals surface area contributed by atoms with Crippen LogP contribution in [0.4, 0.5) is 5.82 Å². The van der Waals surface area contributed by atoms with Gasteiger partial charge in [0.05, 0.1) is 5.02 Å². The second kappa shape index (κ2) is 6.92. The number of hydrogen-bond acceptors (Lipinski definition) is 3. The third-order valence-corrected chi connectivity index (χ3v) is 3.67. The van der Waals surface area contributed by atoms with Crippen molar-refractivity contribution >= 4 is 17.4 Å². The number of nitrogens with zero attached hydrogens (tertiary/aromatic N) is 1. The summed E-state index contributed by atoms with van der Waals surface area (Å²) in [6, 6.07) is 8.63. The Labute approximate surface area is 131 Å². The lowest BCUT2D eigenvalue weighted by Gasteiger charge is -2.20. The number of aryl methyl sites for hydroxylation is 2. The molecule has 0 saturated heterocycles. The van der Waals surface area contributed by atoms with E-state index in [1.807, 2.05) is 6.07 Å². The number of pyridine rings is 1. The van der Waals surface area contributed by atoms with Crippen molar-refractivity contribution in [3.05, 3.63) is 57.7 Å². The van der Waals surface area contributed by atoms with E-state index in [0.29, 0.717) is 10.8 Å². The normalized spacial score (nSPS) is 12.4. The summed E-state index contributed by atoms with van der Waals surface area (Å²) in [5.74, 6) is 0.537. The van der Waals surface area contributed by atoms with Crippen LogP contribution in [0.2, 0.25) is 5.02 Å². The Kier molecular flexibility index (Phi) is 5.21. The van der Waals surface area contributed by atoms with Crippen molar-refractivity contribution < 1.29 is 0 Å². The van der Waals surface area contributed by atoms with E-state index < -0.39 is 0 Å². The molecule has 1 atom stereocenters. The standard InChI is InChI=1S/C17H22ClN3/c1-4-20-16(15-9-14(18)10-21-17(15)19)8-13-6-11(2)5-12(3)7-13/h5-7,9-10,16,20H,4,8H2,1-3H3,(H2,19,21). The number of anilines is 1. The summed E-state index contributed by atoms with van der Waals surface area (Å²) < 4.78 is 0. The molecule has 0 fully saturated rings. The summed E-state index contributed by atoms with van der Waals surface area (Å²) >= 11 is 6.07. The van der Waals surface area contributed by atoms with Crippen LogP contribution in [0.5, 0.6) is 0 Å². The zero-order valence-electron chi connectivity index (χ0n) is 12.8. The monoisotopic (exact) mass is 303 g/mol. The molecule has 1 heterocycles. The molecular weight excluding hydrogens is 282 g/mol. The molecule has 0 bridgehead atoms. The Morgan fingerprint density at radius 1 is 1.19 bits per heavy atom. The third-order valence-electron chi connectivity index (χ3n) is 3.46. The summed E-state index contributed by atoms with van der Waals surface area (Å²) in [4.78, 5) is 4.16. The molecule has 0 aliphatic heterocycles. The second-order valence-electron chi connectivity index (χ2n) is 5.44. The van der Waals surface area contributed by atoms with E-state index in [4.69, 9.17) is 17.3 Å². The summed E-state index contributed by atoms with van der Waals surface area (Å²) in [7, 11) is 0. The minimum atomic E-state index is 0.113. The first-order chi connectivity index (χ1) is 9.99. The first-order valence-electron chi connectivity index (χ1n) is 7.21. The van der Waals surface area contributed by atoms with Crippen LogP contribution in [0.15, 0.2) is 30.5 Å². The molecule has 2 rings (SSSR count). The number of hydrogen-bond donors (Lipinski definition) is 2. The number of rotatable bonds is 5. The van der Waals surface area contributed by atoms with E-state index in [9.17, 15) is 0 Å². The van der Waals surface area contributed by atoms with Gasteiger partial charge in [0.25, 0.3) is 0 Å². The Morgan fingerprint density at radius 3 is 2.48 bits per heavy atom. The van der Waals surface area contributed by atoms with Gasteiger partial charge in [-0.3, -0.25) is 0 Å². The Morgan fingerprint density at radius 2 is 1.86 bits per heavy atom. The van der Waals surface area contributed by atoms with Crippen LogP contribution >= 0.6 is 11.6 Å². The van der Waals surface area contributed by atoms with E-state index >= 15 is 0 Å². The quantitative estimate of drug-likeness (QED) is 0.882. The number of nitrogens with one attached hydrogen (secondary N) is 1. The van der Waals surface area contributed by atoms with Crippen LogP contribution in [0.3, 0.4) is 0 Å². The SMILES string of the molecule is CCNC(Cc1cc(C)cc(C)c1)c1cc(Cl)cnc1N. The van der Waals surface area contributed by atoms with Gasteiger partial charge in [0.1, 0.15) is 5.82 Å². The molecule has 0 saturated carbocycles. The van der Waals surface area contributed by atoms with Gasteiger partial charge in [-0.1, -0.05) is 47.9 Å². The fourth-order valence-corrected chi connectivity index (χ4v) is 2.87. The van der Waals surface area contributed by atoms with Crippen molar-refractivity contribution in [3.63, 3.8) is 0 Å². The molecule has 3 nitrogen and oxygen atoms in total. The van der Waals surface area contributed by atoms with E-state index in [1.165, 1.54) is 16.7 Å². The van der Waals surface area contributed by atoms with E-state index in [-0.39, 0.29) is 6.04 Å². The molecular formula is C17H22ClN3. The van der Waals surface area contributed by atoms with Gasteiger partial charge in [-0.15, -0.1) is 0 Å². The van der Waals surface area contributed by atoms with Crippen molar-refractivity contribution in [1.82, 2.24) is 10.3 Å². The number of benzene rings is 1. The topological polar surface area (TPSA) is 50.9 Å². The summed E-state index contributed by atoms with van der Waals surface area (Å²) in [6.07, 6.45) is 2.45. The molecule has 1 unspecified atom stereocenters. The van der Waals surface area contributed by atoms with Gasteiger partial charge in [0.15, 0.2) is 0 Å². The number of aromatic nitrogens is 1. The van der Waals surface area contributed by atoms with Crippen LogP contribution < -0.4 is 11.1 Å². The van der Waals surface area contributed by atoms with Gasteiger partial charge in [0, 0.05) is 17.8 Å². The van der Waals surface area contributed by atoms with Crippen LogP contribution in [-0.2, 0) is 6.42 Å². The molecule has 0 amide bonds. The van der Waals surface area contributed by atoms with Gasteiger partial charge in [-0.25, -0.2) is 4.98 Å². The third kappa shape index (κ3) is 4.19. The highest BCUT2D eigenvalue weighted by atomic mass is 35.5. The predicted octanol–water partition coefficient (Wildman–Crippen LogP) is 3.83. The largest absolute Gasteiger partial charge is 0.383 e. The first-order valence-corrected chi connectivity index (χ1v) is 7.59. The van der Waals surface area contributed by atoms with Crippen LogP contribution in [-0.4, -0.2) is 11.5 Å². The van der Waals surface area contributed by atoms with Gasteiger partial charge in [-0.2, -0.15) is 0 Å². The molecule has 21 heavy (non-hydrogen) atoms. The van der Waals surface area contributed by atoms with Crippen LogP contribution in [0.25, 0.3) is 0 Å². The van der Waals surface area contributed by atoms with Crippen molar-refractivity contribution in [2.24, 2.45) is 0 Å². The Balaban J connectivity index is 2.32. The fourth-order valence-electron chi connectivity index (χ4n) is 2.71. The zero-order chi connectivity index (χ0) is 15.4. The lowest BCUT2D eigenvalue weighted by Crippen LogP contribution is -2.24. The van der Waals surface area contributed by atoms with E-state index in [1.54, 1.807) is 6.20 Å². The maximum atomic E-state index is 6.07. The molecule has 0 aliphatic carbocycles. The molecule has 1 aromatic carbocycles. The first kappa shape index (κ1) is 15.8. The lowest BCUT2D eigenvalue weighted by molar-refractivity contribution is 0.550. The van der Waals surface area contributed by atoms with Crippen LogP contribution in [0, 0.1) is 13.8 Å². The second-order valence-corrected chi connectivity index (χ2v) is 5.87. The van der Waals surface area contributed by atoms with Crippen molar-refractivity contribution in [3.8, 4) is 0 Å². The van der Waals surface area contributed by atoms with E-state index in [0.717, 1.165) is 18.5 Å². The molecule has 0 radical (unpaired) electrons. The smallest absolute Gasteiger partial charge is 0.128 e. The minimum absolute atomic E-state index is 0.113. The van der Waals surface area contributed by atoms with Crippen molar-refractivity contribution in [2.75, 3.05) is 12.3 Å². The Bertz CT molecular complexity index is 605. The van der Waals surface area contributed by atoms with Crippen molar-refractivity contribution in [2.45, 2.75) is 33.2 Å². The predicted molar refractivity (Wildman–Crippen MR) is 89.7 cm³/mol. The van der Waals surface area contributed by atoms with Gasteiger partial charge >= 0.3 is 0 Å². The average molecular weight is 304 g/mol. The van der Waals surface area contributed by atoms with Crippen molar-refractivity contribution in [1.29, 1.82) is 0 Å². The van der Waals surface area contributed by atoms with E-state index in [2.05, 4.69) is 49.3 Å². The maximum absolute atomic E-state index is 6.07. The number of halogens is 1. The Hall–Kier alpha value is -1.58.